The molecule has 19 heavy (non-hydrogen) atoms. The van der Waals surface area contributed by atoms with E-state index in [0.29, 0.717) is 12.6 Å². The quantitative estimate of drug-likeness (QED) is 0.923. The average molecular weight is 282 g/mol. The molecule has 1 saturated heterocycles. The van der Waals surface area contributed by atoms with Gasteiger partial charge in [0.2, 0.25) is 0 Å². The van der Waals surface area contributed by atoms with E-state index in [1.807, 2.05) is 18.3 Å². The number of piperidine rings is 1. The van der Waals surface area contributed by atoms with Gasteiger partial charge in [0.1, 0.15) is 0 Å². The minimum absolute atomic E-state index is 0.171. The number of aryl methyl sites for hydroxylation is 1. The number of hydrogen-bond acceptors (Lipinski definition) is 4. The molecule has 2 heterocycles. The molecule has 106 valence electrons. The summed E-state index contributed by atoms with van der Waals surface area (Å²) in [5.74, 6) is 0. The summed E-state index contributed by atoms with van der Waals surface area (Å²) in [5, 5.41) is 3.57. The van der Waals surface area contributed by atoms with Crippen LogP contribution in [0.4, 0.5) is 4.79 Å². The van der Waals surface area contributed by atoms with Crippen molar-refractivity contribution in [1.82, 2.24) is 10.2 Å². The molecule has 0 unspecified atom stereocenters. The van der Waals surface area contributed by atoms with E-state index in [0.717, 1.165) is 32.5 Å². The first-order chi connectivity index (χ1) is 9.19. The standard InChI is InChI=1S/C14H22N2O2S/c1-3-18-14(17)16-8-6-12(7-9-16)15-10-13-5-4-11(2)19-13/h4-5,12,15H,3,6-10H2,1-2H3. The number of ether oxygens (including phenoxy) is 1. The fraction of sp³-hybridized carbons (Fsp3) is 0.643. The number of amides is 1. The summed E-state index contributed by atoms with van der Waals surface area (Å²) >= 11 is 1.84. The van der Waals surface area contributed by atoms with Gasteiger partial charge in [-0.25, -0.2) is 4.79 Å². The van der Waals surface area contributed by atoms with Gasteiger partial charge in [-0.2, -0.15) is 0 Å². The molecule has 0 aliphatic carbocycles. The Morgan fingerprint density at radius 3 is 2.79 bits per heavy atom. The van der Waals surface area contributed by atoms with Crippen molar-refractivity contribution < 1.29 is 9.53 Å². The van der Waals surface area contributed by atoms with Gasteiger partial charge in [0.15, 0.2) is 0 Å². The van der Waals surface area contributed by atoms with Gasteiger partial charge in [-0.05, 0) is 38.8 Å². The van der Waals surface area contributed by atoms with Crippen LogP contribution in [0.5, 0.6) is 0 Å². The van der Waals surface area contributed by atoms with Gasteiger partial charge in [-0.1, -0.05) is 0 Å². The van der Waals surface area contributed by atoms with Crippen molar-refractivity contribution >= 4 is 17.4 Å². The number of carbonyl (C=O) groups is 1. The summed E-state index contributed by atoms with van der Waals surface area (Å²) in [4.78, 5) is 16.1. The summed E-state index contributed by atoms with van der Waals surface area (Å²) < 4.78 is 5.02. The fourth-order valence-corrected chi connectivity index (χ4v) is 3.15. The third-order valence-electron chi connectivity index (χ3n) is 3.38. The van der Waals surface area contributed by atoms with Crippen LogP contribution in [0.25, 0.3) is 0 Å². The molecule has 0 aromatic carbocycles. The highest BCUT2D eigenvalue weighted by molar-refractivity contribution is 7.11. The van der Waals surface area contributed by atoms with E-state index in [2.05, 4.69) is 24.4 Å². The van der Waals surface area contributed by atoms with E-state index >= 15 is 0 Å². The molecule has 1 aromatic rings. The topological polar surface area (TPSA) is 41.6 Å². The van der Waals surface area contributed by atoms with Gasteiger partial charge >= 0.3 is 6.09 Å². The molecule has 0 spiro atoms. The molecule has 1 aliphatic heterocycles. The Morgan fingerprint density at radius 1 is 1.47 bits per heavy atom. The van der Waals surface area contributed by atoms with E-state index in [1.54, 1.807) is 4.90 Å². The monoisotopic (exact) mass is 282 g/mol. The predicted molar refractivity (Wildman–Crippen MR) is 77.5 cm³/mol. The summed E-state index contributed by atoms with van der Waals surface area (Å²) in [6.07, 6.45) is 1.83. The van der Waals surface area contributed by atoms with Crippen molar-refractivity contribution in [3.05, 3.63) is 21.9 Å². The number of thiophene rings is 1. The number of likely N-dealkylation sites (tertiary alicyclic amines) is 1. The van der Waals surface area contributed by atoms with Crippen molar-refractivity contribution in [2.24, 2.45) is 0 Å². The highest BCUT2D eigenvalue weighted by atomic mass is 32.1. The third-order valence-corrected chi connectivity index (χ3v) is 4.38. The summed E-state index contributed by atoms with van der Waals surface area (Å²) in [5.41, 5.74) is 0. The maximum Gasteiger partial charge on any atom is 0.409 e. The maximum atomic E-state index is 11.6. The van der Waals surface area contributed by atoms with Gasteiger partial charge in [-0.3, -0.25) is 0 Å². The lowest BCUT2D eigenvalue weighted by atomic mass is 10.1. The van der Waals surface area contributed by atoms with Gasteiger partial charge in [0.05, 0.1) is 6.61 Å². The molecule has 0 bridgehead atoms. The second kappa shape index (κ2) is 6.91. The predicted octanol–water partition coefficient (Wildman–Crippen LogP) is 2.77. The molecular formula is C14H22N2O2S. The Balaban J connectivity index is 1.70. The van der Waals surface area contributed by atoms with Crippen LogP contribution in [0.2, 0.25) is 0 Å². The van der Waals surface area contributed by atoms with Crippen molar-refractivity contribution in [2.45, 2.75) is 39.3 Å². The van der Waals surface area contributed by atoms with Crippen molar-refractivity contribution in [2.75, 3.05) is 19.7 Å². The van der Waals surface area contributed by atoms with Gasteiger partial charge in [0.25, 0.3) is 0 Å². The number of nitrogens with zero attached hydrogens (tertiary/aromatic N) is 1. The molecule has 0 saturated carbocycles. The molecule has 1 amide bonds. The van der Waals surface area contributed by atoms with Crippen LogP contribution >= 0.6 is 11.3 Å². The zero-order valence-corrected chi connectivity index (χ0v) is 12.5. The number of nitrogens with one attached hydrogen (secondary N) is 1. The van der Waals surface area contributed by atoms with Crippen LogP contribution in [0.3, 0.4) is 0 Å². The van der Waals surface area contributed by atoms with E-state index in [-0.39, 0.29) is 6.09 Å². The van der Waals surface area contributed by atoms with Crippen molar-refractivity contribution in [3.8, 4) is 0 Å². The minimum atomic E-state index is -0.171. The van der Waals surface area contributed by atoms with Gasteiger partial charge in [0, 0.05) is 35.4 Å². The zero-order valence-electron chi connectivity index (χ0n) is 11.6. The molecule has 1 fully saturated rings. The lowest BCUT2D eigenvalue weighted by Gasteiger charge is -2.31. The molecule has 2 rings (SSSR count). The molecule has 1 aliphatic rings. The Kier molecular flexibility index (Phi) is 5.22. The highest BCUT2D eigenvalue weighted by Gasteiger charge is 2.23. The Labute approximate surface area is 118 Å². The van der Waals surface area contributed by atoms with Crippen molar-refractivity contribution in [1.29, 1.82) is 0 Å². The zero-order chi connectivity index (χ0) is 13.7. The smallest absolute Gasteiger partial charge is 0.409 e. The fourth-order valence-electron chi connectivity index (χ4n) is 2.31. The first-order valence-corrected chi connectivity index (χ1v) is 7.71. The maximum absolute atomic E-state index is 11.6. The number of rotatable bonds is 4. The first-order valence-electron chi connectivity index (χ1n) is 6.89. The Bertz CT molecular complexity index is 411. The van der Waals surface area contributed by atoms with Gasteiger partial charge in [-0.15, -0.1) is 11.3 Å². The van der Waals surface area contributed by atoms with Crippen LogP contribution in [0.15, 0.2) is 12.1 Å². The largest absolute Gasteiger partial charge is 0.450 e. The molecule has 0 radical (unpaired) electrons. The summed E-state index contributed by atoms with van der Waals surface area (Å²) in [6.45, 7) is 6.94. The van der Waals surface area contributed by atoms with E-state index in [9.17, 15) is 4.79 Å². The number of hydrogen-bond donors (Lipinski definition) is 1. The molecule has 5 heteroatoms. The second-order valence-corrected chi connectivity index (χ2v) is 6.23. The SMILES string of the molecule is CCOC(=O)N1CCC(NCc2ccc(C)s2)CC1. The van der Waals surface area contributed by atoms with E-state index in [1.165, 1.54) is 9.75 Å². The Morgan fingerprint density at radius 2 is 2.21 bits per heavy atom. The van der Waals surface area contributed by atoms with Crippen LogP contribution in [0.1, 0.15) is 29.5 Å². The highest BCUT2D eigenvalue weighted by Crippen LogP contribution is 2.16. The van der Waals surface area contributed by atoms with Gasteiger partial charge < -0.3 is 15.0 Å². The van der Waals surface area contributed by atoms with Crippen LogP contribution in [-0.2, 0) is 11.3 Å². The minimum Gasteiger partial charge on any atom is -0.450 e. The van der Waals surface area contributed by atoms with E-state index in [4.69, 9.17) is 4.74 Å². The summed E-state index contributed by atoms with van der Waals surface area (Å²) in [7, 11) is 0. The lowest BCUT2D eigenvalue weighted by Crippen LogP contribution is -2.44. The van der Waals surface area contributed by atoms with Crippen LogP contribution in [-0.4, -0.2) is 36.7 Å². The molecule has 4 nitrogen and oxygen atoms in total. The third kappa shape index (κ3) is 4.21. The van der Waals surface area contributed by atoms with E-state index < -0.39 is 0 Å². The number of carbonyl (C=O) groups excluding carboxylic acids is 1. The molecule has 1 aromatic heterocycles. The first kappa shape index (κ1) is 14.3. The molecule has 1 N–H and O–H groups in total. The Hall–Kier alpha value is -1.07. The molecular weight excluding hydrogens is 260 g/mol. The van der Waals surface area contributed by atoms with Crippen LogP contribution in [0, 0.1) is 6.92 Å². The normalized spacial score (nSPS) is 16.6. The second-order valence-electron chi connectivity index (χ2n) is 4.85. The lowest BCUT2D eigenvalue weighted by molar-refractivity contribution is 0.0950. The average Bonchev–Trinajstić information content (AvgIpc) is 2.83. The molecule has 0 atom stereocenters. The summed E-state index contributed by atoms with van der Waals surface area (Å²) in [6, 6.07) is 4.85. The van der Waals surface area contributed by atoms with Crippen LogP contribution < -0.4 is 5.32 Å². The van der Waals surface area contributed by atoms with Crippen molar-refractivity contribution in [3.63, 3.8) is 0 Å².